The van der Waals surface area contributed by atoms with E-state index in [2.05, 4.69) is 9.88 Å². The van der Waals surface area contributed by atoms with Crippen molar-refractivity contribution in [2.75, 3.05) is 26.2 Å². The van der Waals surface area contributed by atoms with E-state index >= 15 is 0 Å². The zero-order valence-corrected chi connectivity index (χ0v) is 14.7. The molecular formula is C18H23N3O2S. The lowest BCUT2D eigenvalue weighted by Crippen LogP contribution is -2.48. The van der Waals surface area contributed by atoms with Crippen LogP contribution in [0.25, 0.3) is 0 Å². The molecule has 2 heterocycles. The summed E-state index contributed by atoms with van der Waals surface area (Å²) in [4.78, 5) is 6.40. The van der Waals surface area contributed by atoms with Crippen LogP contribution in [0.15, 0.2) is 48.8 Å². The van der Waals surface area contributed by atoms with Crippen molar-refractivity contribution >= 4 is 10.0 Å². The van der Waals surface area contributed by atoms with Crippen LogP contribution >= 0.6 is 0 Å². The molecule has 0 unspecified atom stereocenters. The zero-order valence-electron chi connectivity index (χ0n) is 13.9. The normalized spacial score (nSPS) is 17.0. The van der Waals surface area contributed by atoms with Crippen molar-refractivity contribution in [2.45, 2.75) is 19.2 Å². The standard InChI is InChI=1S/C18H23N3O2S/c1-16-4-2-5-17(12-16)15-24(22,23)21-10-8-20(9-11-21)14-18-6-3-7-19-13-18/h2-7,12-13H,8-11,14-15H2,1H3. The lowest BCUT2D eigenvalue weighted by molar-refractivity contribution is 0.181. The van der Waals surface area contributed by atoms with Gasteiger partial charge in [0.2, 0.25) is 10.0 Å². The molecule has 1 aliphatic rings. The minimum atomic E-state index is -3.26. The van der Waals surface area contributed by atoms with Crippen molar-refractivity contribution in [2.24, 2.45) is 0 Å². The number of benzene rings is 1. The van der Waals surface area contributed by atoms with E-state index in [-0.39, 0.29) is 5.75 Å². The molecule has 128 valence electrons. The average molecular weight is 345 g/mol. The third-order valence-electron chi connectivity index (χ3n) is 4.29. The third-order valence-corrected chi connectivity index (χ3v) is 6.14. The quantitative estimate of drug-likeness (QED) is 0.832. The summed E-state index contributed by atoms with van der Waals surface area (Å²) in [6, 6.07) is 11.7. The van der Waals surface area contributed by atoms with Crippen molar-refractivity contribution in [1.82, 2.24) is 14.2 Å². The summed E-state index contributed by atoms with van der Waals surface area (Å²) in [5, 5.41) is 0. The Morgan fingerprint density at radius 2 is 1.79 bits per heavy atom. The van der Waals surface area contributed by atoms with Crippen LogP contribution in [-0.2, 0) is 22.3 Å². The number of piperazine rings is 1. The predicted octanol–water partition coefficient (Wildman–Crippen LogP) is 2.04. The molecule has 2 aromatic rings. The van der Waals surface area contributed by atoms with Gasteiger partial charge in [-0.1, -0.05) is 35.9 Å². The first-order chi connectivity index (χ1) is 11.5. The molecule has 1 aliphatic heterocycles. The van der Waals surface area contributed by atoms with Crippen LogP contribution in [0, 0.1) is 6.92 Å². The molecule has 0 bridgehead atoms. The molecule has 5 nitrogen and oxygen atoms in total. The summed E-state index contributed by atoms with van der Waals surface area (Å²) in [5.74, 6) is 0.0806. The van der Waals surface area contributed by atoms with E-state index in [1.54, 1.807) is 10.5 Å². The Hall–Kier alpha value is -1.76. The molecule has 3 rings (SSSR count). The maximum Gasteiger partial charge on any atom is 0.218 e. The molecule has 0 aliphatic carbocycles. The van der Waals surface area contributed by atoms with Gasteiger partial charge in [0.05, 0.1) is 5.75 Å². The van der Waals surface area contributed by atoms with Gasteiger partial charge >= 0.3 is 0 Å². The zero-order chi connectivity index (χ0) is 17.0. The van der Waals surface area contributed by atoms with Gasteiger partial charge in [-0.05, 0) is 24.1 Å². The Bertz CT molecular complexity index is 770. The van der Waals surface area contributed by atoms with Crippen molar-refractivity contribution in [3.05, 3.63) is 65.5 Å². The van der Waals surface area contributed by atoms with Crippen molar-refractivity contribution in [3.63, 3.8) is 0 Å². The fraction of sp³-hybridized carbons (Fsp3) is 0.389. The lowest BCUT2D eigenvalue weighted by Gasteiger charge is -2.34. The summed E-state index contributed by atoms with van der Waals surface area (Å²) in [6.07, 6.45) is 3.63. The fourth-order valence-corrected chi connectivity index (χ4v) is 4.52. The highest BCUT2D eigenvalue weighted by Crippen LogP contribution is 2.15. The number of aryl methyl sites for hydroxylation is 1. The highest BCUT2D eigenvalue weighted by molar-refractivity contribution is 7.88. The first kappa shape index (κ1) is 17.1. The van der Waals surface area contributed by atoms with Gasteiger partial charge in [-0.3, -0.25) is 9.88 Å². The summed E-state index contributed by atoms with van der Waals surface area (Å²) in [5.41, 5.74) is 3.10. The van der Waals surface area contributed by atoms with E-state index in [1.807, 2.05) is 49.5 Å². The number of hydrogen-bond donors (Lipinski definition) is 0. The van der Waals surface area contributed by atoms with E-state index in [4.69, 9.17) is 0 Å². The third kappa shape index (κ3) is 4.41. The molecule has 24 heavy (non-hydrogen) atoms. The number of sulfonamides is 1. The second-order valence-corrected chi connectivity index (χ2v) is 8.25. The molecular weight excluding hydrogens is 322 g/mol. The summed E-state index contributed by atoms with van der Waals surface area (Å²) >= 11 is 0. The Kier molecular flexibility index (Phi) is 5.28. The minimum Gasteiger partial charge on any atom is -0.296 e. The maximum atomic E-state index is 12.6. The summed E-state index contributed by atoms with van der Waals surface area (Å²) < 4.78 is 26.9. The molecule has 1 fully saturated rings. The lowest BCUT2D eigenvalue weighted by atomic mass is 10.2. The second kappa shape index (κ2) is 7.42. The van der Waals surface area contributed by atoms with E-state index < -0.39 is 10.0 Å². The predicted molar refractivity (Wildman–Crippen MR) is 94.9 cm³/mol. The van der Waals surface area contributed by atoms with Crippen molar-refractivity contribution < 1.29 is 8.42 Å². The molecule has 0 radical (unpaired) electrons. The monoisotopic (exact) mass is 345 g/mol. The molecule has 0 saturated carbocycles. The Labute approximate surface area is 144 Å². The molecule has 1 aromatic carbocycles. The van der Waals surface area contributed by atoms with Crippen LogP contribution < -0.4 is 0 Å². The second-order valence-electron chi connectivity index (χ2n) is 6.28. The highest BCUT2D eigenvalue weighted by atomic mass is 32.2. The Morgan fingerprint density at radius 3 is 2.46 bits per heavy atom. The molecule has 0 amide bonds. The van der Waals surface area contributed by atoms with Crippen molar-refractivity contribution in [3.8, 4) is 0 Å². The van der Waals surface area contributed by atoms with Gasteiger partial charge in [0.25, 0.3) is 0 Å². The fourth-order valence-electron chi connectivity index (χ4n) is 3.02. The molecule has 0 atom stereocenters. The largest absolute Gasteiger partial charge is 0.296 e. The van der Waals surface area contributed by atoms with E-state index in [9.17, 15) is 8.42 Å². The minimum absolute atomic E-state index is 0.0806. The average Bonchev–Trinajstić information content (AvgIpc) is 2.56. The highest BCUT2D eigenvalue weighted by Gasteiger charge is 2.27. The van der Waals surface area contributed by atoms with Crippen LogP contribution in [-0.4, -0.2) is 48.8 Å². The van der Waals surface area contributed by atoms with Gasteiger partial charge in [0.1, 0.15) is 0 Å². The summed E-state index contributed by atoms with van der Waals surface area (Å²) in [7, 11) is -3.26. The van der Waals surface area contributed by atoms with Gasteiger partial charge in [-0.2, -0.15) is 4.31 Å². The van der Waals surface area contributed by atoms with E-state index in [0.717, 1.165) is 36.3 Å². The number of rotatable bonds is 5. The Balaban J connectivity index is 1.57. The van der Waals surface area contributed by atoms with Crippen LogP contribution in [0.2, 0.25) is 0 Å². The molecule has 0 spiro atoms. The molecule has 0 N–H and O–H groups in total. The van der Waals surface area contributed by atoms with Gasteiger partial charge in [-0.25, -0.2) is 8.42 Å². The first-order valence-corrected chi connectivity index (χ1v) is 9.78. The first-order valence-electron chi connectivity index (χ1n) is 8.17. The molecule has 6 heteroatoms. The van der Waals surface area contributed by atoms with E-state index in [0.29, 0.717) is 13.1 Å². The van der Waals surface area contributed by atoms with Gasteiger partial charge in [0, 0.05) is 45.1 Å². The van der Waals surface area contributed by atoms with Crippen LogP contribution in [0.3, 0.4) is 0 Å². The van der Waals surface area contributed by atoms with Gasteiger partial charge < -0.3 is 0 Å². The summed E-state index contributed by atoms with van der Waals surface area (Å²) in [6.45, 7) is 5.40. The molecule has 1 aromatic heterocycles. The van der Waals surface area contributed by atoms with Gasteiger partial charge in [-0.15, -0.1) is 0 Å². The van der Waals surface area contributed by atoms with Gasteiger partial charge in [0.15, 0.2) is 0 Å². The number of aromatic nitrogens is 1. The molecule has 1 saturated heterocycles. The van der Waals surface area contributed by atoms with Crippen LogP contribution in [0.1, 0.15) is 16.7 Å². The number of pyridine rings is 1. The topological polar surface area (TPSA) is 53.5 Å². The number of nitrogens with zero attached hydrogens (tertiary/aromatic N) is 3. The Morgan fingerprint density at radius 1 is 1.04 bits per heavy atom. The number of hydrogen-bond acceptors (Lipinski definition) is 4. The van der Waals surface area contributed by atoms with E-state index in [1.165, 1.54) is 0 Å². The SMILES string of the molecule is Cc1cccc(CS(=O)(=O)N2CCN(Cc3cccnc3)CC2)c1. The van der Waals surface area contributed by atoms with Crippen LogP contribution in [0.4, 0.5) is 0 Å². The smallest absolute Gasteiger partial charge is 0.218 e. The van der Waals surface area contributed by atoms with Crippen LogP contribution in [0.5, 0.6) is 0 Å². The van der Waals surface area contributed by atoms with Crippen molar-refractivity contribution in [1.29, 1.82) is 0 Å². The maximum absolute atomic E-state index is 12.6.